The summed E-state index contributed by atoms with van der Waals surface area (Å²) in [7, 11) is 4.91. The fourth-order valence-electron chi connectivity index (χ4n) is 5.13. The first-order chi connectivity index (χ1) is 17.6. The highest BCUT2D eigenvalue weighted by Crippen LogP contribution is 2.40. The first-order valence-corrected chi connectivity index (χ1v) is 12.2. The van der Waals surface area contributed by atoms with Crippen LogP contribution in [0, 0.1) is 5.82 Å². The van der Waals surface area contributed by atoms with E-state index in [-0.39, 0.29) is 5.82 Å². The van der Waals surface area contributed by atoms with Gasteiger partial charge in [0.1, 0.15) is 17.2 Å². The molecule has 0 aliphatic carbocycles. The molecular formula is C28H31FN4O3. The molecule has 1 aliphatic heterocycles. The zero-order valence-corrected chi connectivity index (χ0v) is 20.9. The Labute approximate surface area is 210 Å². The predicted molar refractivity (Wildman–Crippen MR) is 136 cm³/mol. The Bertz CT molecular complexity index is 1330. The van der Waals surface area contributed by atoms with Crippen molar-refractivity contribution in [2.24, 2.45) is 0 Å². The van der Waals surface area contributed by atoms with Crippen LogP contribution in [0.1, 0.15) is 35.8 Å². The van der Waals surface area contributed by atoms with E-state index >= 15 is 0 Å². The molecule has 4 aromatic rings. The maximum absolute atomic E-state index is 13.4. The van der Waals surface area contributed by atoms with Gasteiger partial charge in [-0.2, -0.15) is 0 Å². The second-order valence-corrected chi connectivity index (χ2v) is 9.05. The smallest absolute Gasteiger partial charge is 0.203 e. The Balaban J connectivity index is 1.35. The normalized spacial score (nSPS) is 14.8. The van der Waals surface area contributed by atoms with Crippen LogP contribution in [0.3, 0.4) is 0 Å². The van der Waals surface area contributed by atoms with Crippen LogP contribution in [-0.2, 0) is 13.0 Å². The molecule has 1 aliphatic rings. The zero-order chi connectivity index (χ0) is 25.1. The van der Waals surface area contributed by atoms with E-state index in [2.05, 4.69) is 14.5 Å². The lowest BCUT2D eigenvalue weighted by Crippen LogP contribution is -2.34. The average molecular weight is 491 g/mol. The highest BCUT2D eigenvalue weighted by atomic mass is 19.1. The van der Waals surface area contributed by atoms with Gasteiger partial charge in [-0.15, -0.1) is 0 Å². The molecule has 5 rings (SSSR count). The first kappa shape index (κ1) is 24.1. The number of hydrogen-bond acceptors (Lipinski definition) is 6. The van der Waals surface area contributed by atoms with Crippen molar-refractivity contribution in [1.82, 2.24) is 19.4 Å². The molecular weight excluding hydrogens is 459 g/mol. The van der Waals surface area contributed by atoms with E-state index in [1.807, 2.05) is 42.6 Å². The number of benzene rings is 2. The Hall–Kier alpha value is -3.65. The van der Waals surface area contributed by atoms with E-state index < -0.39 is 0 Å². The molecule has 0 atom stereocenters. The number of nitrogens with zero attached hydrogens (tertiary/aromatic N) is 4. The van der Waals surface area contributed by atoms with E-state index in [1.54, 1.807) is 21.3 Å². The van der Waals surface area contributed by atoms with Crippen LogP contribution >= 0.6 is 0 Å². The van der Waals surface area contributed by atoms with Crippen molar-refractivity contribution in [1.29, 1.82) is 0 Å². The van der Waals surface area contributed by atoms with Crippen LogP contribution < -0.4 is 14.2 Å². The summed E-state index contributed by atoms with van der Waals surface area (Å²) in [5, 5.41) is 0. The van der Waals surface area contributed by atoms with Crippen LogP contribution in [0.25, 0.3) is 11.2 Å². The van der Waals surface area contributed by atoms with Crippen LogP contribution in [0.4, 0.5) is 4.39 Å². The summed E-state index contributed by atoms with van der Waals surface area (Å²) in [5.74, 6) is 2.73. The SMILES string of the molecule is COc1ccc(CN2CCC(n3c(Cc4ccc(F)cc4)nc4cccnc43)CC2)c(OC)c1OC. The number of likely N-dealkylation sites (tertiary alicyclic amines) is 1. The second kappa shape index (κ2) is 10.5. The maximum Gasteiger partial charge on any atom is 0.203 e. The Morgan fingerprint density at radius 2 is 1.67 bits per heavy atom. The fourth-order valence-corrected chi connectivity index (χ4v) is 5.13. The van der Waals surface area contributed by atoms with E-state index in [0.29, 0.717) is 29.7 Å². The van der Waals surface area contributed by atoms with Crippen molar-refractivity contribution in [3.05, 3.63) is 77.5 Å². The lowest BCUT2D eigenvalue weighted by atomic mass is 10.0. The number of hydrogen-bond donors (Lipinski definition) is 0. The maximum atomic E-state index is 13.4. The summed E-state index contributed by atoms with van der Waals surface area (Å²) in [6.45, 7) is 2.64. The summed E-state index contributed by atoms with van der Waals surface area (Å²) < 4.78 is 32.4. The molecule has 7 nitrogen and oxygen atoms in total. The molecule has 0 radical (unpaired) electrons. The number of piperidine rings is 1. The van der Waals surface area contributed by atoms with Gasteiger partial charge >= 0.3 is 0 Å². The molecule has 1 fully saturated rings. The topological polar surface area (TPSA) is 61.6 Å². The zero-order valence-electron chi connectivity index (χ0n) is 20.9. The van der Waals surface area contributed by atoms with Gasteiger partial charge in [-0.3, -0.25) is 4.90 Å². The molecule has 2 aromatic carbocycles. The highest BCUT2D eigenvalue weighted by Gasteiger charge is 2.26. The van der Waals surface area contributed by atoms with Crippen molar-refractivity contribution in [3.8, 4) is 17.2 Å². The molecule has 188 valence electrons. The van der Waals surface area contributed by atoms with Crippen LogP contribution in [-0.4, -0.2) is 53.9 Å². The number of halogens is 1. The minimum atomic E-state index is -0.229. The summed E-state index contributed by atoms with van der Waals surface area (Å²) in [6.07, 6.45) is 4.42. The van der Waals surface area contributed by atoms with Crippen LogP contribution in [0.15, 0.2) is 54.7 Å². The summed E-state index contributed by atoms with van der Waals surface area (Å²) in [5.41, 5.74) is 3.91. The number of rotatable bonds is 8. The summed E-state index contributed by atoms with van der Waals surface area (Å²) in [4.78, 5) is 12.0. The Morgan fingerprint density at radius 3 is 2.36 bits per heavy atom. The Kier molecular flexibility index (Phi) is 7.04. The third-order valence-corrected chi connectivity index (χ3v) is 6.90. The standard InChI is InChI=1S/C28H31FN4O3/c1-34-24-11-8-20(26(35-2)27(24)36-3)18-32-15-12-22(13-16-32)33-25(17-19-6-9-21(29)10-7-19)31-23-5-4-14-30-28(23)33/h4-11,14,22H,12-13,15-18H2,1-3H3. The average Bonchev–Trinajstić information content (AvgIpc) is 3.27. The van der Waals surface area contributed by atoms with Crippen molar-refractivity contribution in [2.45, 2.75) is 31.8 Å². The van der Waals surface area contributed by atoms with Gasteiger partial charge in [0.15, 0.2) is 17.1 Å². The van der Waals surface area contributed by atoms with Crippen LogP contribution in [0.2, 0.25) is 0 Å². The molecule has 1 saturated heterocycles. The van der Waals surface area contributed by atoms with Gasteiger partial charge in [-0.1, -0.05) is 18.2 Å². The minimum absolute atomic E-state index is 0.229. The molecule has 0 spiro atoms. The van der Waals surface area contributed by atoms with Crippen molar-refractivity contribution >= 4 is 11.2 Å². The van der Waals surface area contributed by atoms with Gasteiger partial charge in [0.05, 0.1) is 21.3 Å². The lowest BCUT2D eigenvalue weighted by Gasteiger charge is -2.33. The molecule has 2 aromatic heterocycles. The fraction of sp³-hybridized carbons (Fsp3) is 0.357. The van der Waals surface area contributed by atoms with Gasteiger partial charge in [-0.05, 0) is 48.7 Å². The van der Waals surface area contributed by atoms with Crippen molar-refractivity contribution in [3.63, 3.8) is 0 Å². The largest absolute Gasteiger partial charge is 0.493 e. The van der Waals surface area contributed by atoms with Crippen molar-refractivity contribution in [2.75, 3.05) is 34.4 Å². The molecule has 0 unspecified atom stereocenters. The first-order valence-electron chi connectivity index (χ1n) is 12.2. The molecule has 0 N–H and O–H groups in total. The number of pyridine rings is 1. The Morgan fingerprint density at radius 1 is 0.917 bits per heavy atom. The van der Waals surface area contributed by atoms with Gasteiger partial charge in [0, 0.05) is 43.9 Å². The molecule has 0 saturated carbocycles. The predicted octanol–water partition coefficient (Wildman–Crippen LogP) is 5.02. The quantitative estimate of drug-likeness (QED) is 0.346. The number of aromatic nitrogens is 3. The number of imidazole rings is 1. The number of ether oxygens (including phenoxy) is 3. The second-order valence-electron chi connectivity index (χ2n) is 9.05. The van der Waals surface area contributed by atoms with Gasteiger partial charge in [0.25, 0.3) is 0 Å². The minimum Gasteiger partial charge on any atom is -0.493 e. The summed E-state index contributed by atoms with van der Waals surface area (Å²) in [6, 6.07) is 14.8. The van der Waals surface area contributed by atoms with Crippen LogP contribution in [0.5, 0.6) is 17.2 Å². The molecule has 36 heavy (non-hydrogen) atoms. The van der Waals surface area contributed by atoms with Gasteiger partial charge in [-0.25, -0.2) is 14.4 Å². The van der Waals surface area contributed by atoms with Gasteiger partial charge in [0.2, 0.25) is 5.75 Å². The monoisotopic (exact) mass is 490 g/mol. The lowest BCUT2D eigenvalue weighted by molar-refractivity contribution is 0.177. The van der Waals surface area contributed by atoms with E-state index in [9.17, 15) is 4.39 Å². The highest BCUT2D eigenvalue weighted by molar-refractivity contribution is 5.71. The van der Waals surface area contributed by atoms with Gasteiger partial charge < -0.3 is 18.8 Å². The third-order valence-electron chi connectivity index (χ3n) is 6.90. The summed E-state index contributed by atoms with van der Waals surface area (Å²) >= 11 is 0. The van der Waals surface area contributed by atoms with E-state index in [0.717, 1.165) is 60.6 Å². The third kappa shape index (κ3) is 4.73. The molecule has 0 amide bonds. The van der Waals surface area contributed by atoms with E-state index in [4.69, 9.17) is 19.2 Å². The van der Waals surface area contributed by atoms with Crippen molar-refractivity contribution < 1.29 is 18.6 Å². The molecule has 0 bridgehead atoms. The molecule has 3 heterocycles. The number of fused-ring (bicyclic) bond motifs is 1. The number of methoxy groups -OCH3 is 3. The van der Waals surface area contributed by atoms with E-state index in [1.165, 1.54) is 12.1 Å². The molecule has 8 heteroatoms.